The van der Waals surface area contributed by atoms with Gasteiger partial charge in [-0.05, 0) is 151 Å². The number of benzene rings is 3. The molecule has 3 aromatic carbocycles. The number of aliphatic imine (C=N–C) groups is 1. The number of hydrogen-bond acceptors (Lipinski definition) is 19. The molecule has 5 aromatic rings. The fourth-order valence-corrected chi connectivity index (χ4v) is 21.1. The van der Waals surface area contributed by atoms with E-state index in [-0.39, 0.29) is 91.1 Å². The van der Waals surface area contributed by atoms with Gasteiger partial charge in [-0.15, -0.1) is 0 Å². The van der Waals surface area contributed by atoms with Gasteiger partial charge in [0.15, 0.2) is 5.78 Å². The second-order valence-corrected chi connectivity index (χ2v) is 43.4. The number of hydrogen-bond donors (Lipinski definition) is 5. The Morgan fingerprint density at radius 3 is 1.91 bits per heavy atom. The quantitative estimate of drug-likeness (QED) is 0.00565. The third kappa shape index (κ3) is 19.5. The van der Waals surface area contributed by atoms with Crippen LogP contribution in [0.2, 0.25) is 23.2 Å². The molecule has 0 aliphatic carbocycles. The summed E-state index contributed by atoms with van der Waals surface area (Å²) in [6.07, 6.45) is -0.786. The van der Waals surface area contributed by atoms with E-state index in [1.54, 1.807) is 54.5 Å². The summed E-state index contributed by atoms with van der Waals surface area (Å²) in [6.45, 7) is 33.5. The first kappa shape index (κ1) is 80.8. The minimum absolute atomic E-state index is 0.000571. The number of fused-ring (bicyclic) bond motifs is 1. The van der Waals surface area contributed by atoms with Crippen LogP contribution in [0.3, 0.4) is 0 Å². The van der Waals surface area contributed by atoms with Gasteiger partial charge in [0.2, 0.25) is 14.3 Å². The van der Waals surface area contributed by atoms with Crippen molar-refractivity contribution in [2.45, 2.75) is 251 Å². The number of sulfonamides is 1. The normalized spacial score (nSPS) is 20.6. The van der Waals surface area contributed by atoms with Gasteiger partial charge in [-0.25, -0.2) is 32.4 Å². The van der Waals surface area contributed by atoms with Crippen LogP contribution in [0.5, 0.6) is 5.75 Å². The second-order valence-electron chi connectivity index (χ2n) is 31.0. The molecule has 2 fully saturated rings. The number of nitrogens with one attached hydrogen (secondary N) is 4. The molecule has 1 unspecified atom stereocenters. The van der Waals surface area contributed by atoms with E-state index in [4.69, 9.17) is 47.6 Å². The molecule has 8 atom stereocenters. The Balaban J connectivity index is 1.06. The number of aryl methyl sites for hydroxylation is 2. The average molecular weight is 1490 g/mol. The van der Waals surface area contributed by atoms with Crippen LogP contribution >= 0.6 is 7.60 Å². The van der Waals surface area contributed by atoms with Crippen molar-refractivity contribution in [3.8, 4) is 5.75 Å². The highest BCUT2D eigenvalue weighted by Crippen LogP contribution is 2.55. The summed E-state index contributed by atoms with van der Waals surface area (Å²) >= 11 is 0. The SMILES string of the molecule is Cc1c(C)c(S(=O)(=O)NC(N)=NCCC[C@H](NC(=O)OC(C)(C)C)C(=O)CCCCCOP(=O)(/C=C/[C@H]2O[C@@H](n3cc(C)c(=O)[nH]c3=O)C[C@@H]2O[Si](c2ccccc2)(c2ccccc2)C(C)(C)C)O[C@H]2C[C@H](n3cc(C)c(=O)[nH]c3=O)O[C@@H]2COO[Si](C)(C)C(C)(C)C)c(C)c2c1OC(C)(C)C2. The molecule has 102 heavy (non-hydrogen) atoms. The Bertz CT molecular complexity index is 4270. The Morgan fingerprint density at radius 1 is 0.784 bits per heavy atom. The van der Waals surface area contributed by atoms with Crippen molar-refractivity contribution in [2.24, 2.45) is 10.7 Å². The molecular formula is C72H105N8O18PSSi2. The first-order chi connectivity index (χ1) is 47.4. The zero-order valence-electron chi connectivity index (χ0n) is 62.2. The molecule has 2 aromatic heterocycles. The predicted octanol–water partition coefficient (Wildman–Crippen LogP) is 10.0. The van der Waals surface area contributed by atoms with Crippen LogP contribution in [0.15, 0.2) is 114 Å². The van der Waals surface area contributed by atoms with Gasteiger partial charge in [-0.3, -0.25) is 52.1 Å². The molecule has 5 heterocycles. The summed E-state index contributed by atoms with van der Waals surface area (Å²) in [4.78, 5) is 95.0. The van der Waals surface area contributed by atoms with Gasteiger partial charge in [0.25, 0.3) is 29.5 Å². The number of carbonyl (C=O) groups excluding carboxylic acids is 2. The highest BCUT2D eigenvalue weighted by molar-refractivity contribution is 7.90. The lowest BCUT2D eigenvalue weighted by Crippen LogP contribution is -2.68. The van der Waals surface area contributed by atoms with Gasteiger partial charge >= 0.3 is 25.1 Å². The van der Waals surface area contributed by atoms with Crippen LogP contribution in [0.25, 0.3) is 0 Å². The largest absolute Gasteiger partial charge is 0.487 e. The molecule has 0 bridgehead atoms. The first-order valence-corrected chi connectivity index (χ1v) is 42.7. The predicted molar refractivity (Wildman–Crippen MR) is 395 cm³/mol. The highest BCUT2D eigenvalue weighted by Gasteiger charge is 2.54. The van der Waals surface area contributed by atoms with E-state index >= 15 is 4.57 Å². The van der Waals surface area contributed by atoms with Gasteiger partial charge in [-0.2, -0.15) is 0 Å². The maximum Gasteiger partial charge on any atom is 0.408 e. The van der Waals surface area contributed by atoms with E-state index < -0.39 is 122 Å². The Hall–Kier alpha value is -6.90. The molecule has 0 radical (unpaired) electrons. The van der Waals surface area contributed by atoms with Crippen molar-refractivity contribution in [3.05, 3.63) is 160 Å². The first-order valence-electron chi connectivity index (χ1n) is 34.8. The lowest BCUT2D eigenvalue weighted by molar-refractivity contribution is -0.245. The Labute approximate surface area is 600 Å². The number of amides is 1. The number of nitrogens with zero attached hydrogens (tertiary/aromatic N) is 3. The number of aromatic nitrogens is 4. The average Bonchev–Trinajstić information content (AvgIpc) is 0.937. The van der Waals surface area contributed by atoms with E-state index in [1.807, 2.05) is 115 Å². The van der Waals surface area contributed by atoms with E-state index in [0.29, 0.717) is 41.7 Å². The number of ketones is 1. The number of ether oxygens (including phenoxy) is 4. The van der Waals surface area contributed by atoms with E-state index in [2.05, 4.69) is 45.8 Å². The number of nitrogens with two attached hydrogens (primary N) is 1. The smallest absolute Gasteiger partial charge is 0.408 e. The summed E-state index contributed by atoms with van der Waals surface area (Å²) < 4.78 is 101. The third-order valence-corrected chi connectivity index (χ3v) is 31.6. The summed E-state index contributed by atoms with van der Waals surface area (Å²) in [7, 11) is -14.7. The van der Waals surface area contributed by atoms with Crippen molar-refractivity contribution < 1.29 is 64.5 Å². The molecule has 8 rings (SSSR count). The summed E-state index contributed by atoms with van der Waals surface area (Å²) in [5.74, 6) is 1.32. The maximum atomic E-state index is 16.0. The molecule has 3 aliphatic heterocycles. The number of rotatable bonds is 29. The maximum absolute atomic E-state index is 16.0. The molecule has 2 saturated heterocycles. The molecular weight excluding hydrogens is 1380 g/mol. The summed E-state index contributed by atoms with van der Waals surface area (Å²) in [5, 5.41) is 3.85. The standard InChI is InChI=1S/C72H105N8O18PSSi2/c1-45-42-79(66(84)76-63(45)82)59-39-56(58(93-59)44-90-98-101(17,18)70(9,10)11)96-99(87,38-35-55-57(40-60(92-55)80-43-46(2)64(83)77-67(80)85)97-102(71(12,13)14,50-29-22-19-23-30-50)51-31-24-20-25-32-51)91-37-27-21-26-34-54(81)53(75-68(86)95-69(6,7)8)33-28-36-74-65(73)78-100(88,89)62-48(4)47(3)61-52(49(62)5)41-72(15,16)94-61/h19-20,22-25,29-32,35,38,42-43,53,55-60H,21,26-28,33-34,36-37,39-41,44H2,1-18H3,(H,75,86)(H3,73,74,78)(H,76,82,84)(H,77,83,85)/b38-35+/t53-,55+,56-,57-,58+,59+,60+,99?/m0/s1. The molecule has 1 amide bonds. The zero-order valence-corrected chi connectivity index (χ0v) is 65.9. The fraction of sp³-hybridized carbons (Fsp3) is 0.569. The van der Waals surface area contributed by atoms with Crippen molar-refractivity contribution >= 4 is 62.5 Å². The summed E-state index contributed by atoms with van der Waals surface area (Å²) in [5.41, 5.74) is 5.35. The molecule has 0 spiro atoms. The van der Waals surface area contributed by atoms with Crippen molar-refractivity contribution in [2.75, 3.05) is 19.8 Å². The van der Waals surface area contributed by atoms with Crippen LogP contribution in [-0.2, 0) is 63.0 Å². The Morgan fingerprint density at radius 2 is 1.35 bits per heavy atom. The molecule has 26 nitrogen and oxygen atoms in total. The highest BCUT2D eigenvalue weighted by atomic mass is 32.2. The van der Waals surface area contributed by atoms with Gasteiger partial charge in [0.1, 0.15) is 54.3 Å². The minimum atomic E-state index is -4.54. The topological polar surface area (TPSA) is 341 Å². The van der Waals surface area contributed by atoms with Crippen LogP contribution in [0.1, 0.15) is 173 Å². The molecule has 560 valence electrons. The van der Waals surface area contributed by atoms with Gasteiger partial charge in [-0.1, -0.05) is 109 Å². The van der Waals surface area contributed by atoms with E-state index in [0.717, 1.165) is 15.9 Å². The number of unbranched alkanes of at least 4 members (excludes halogenated alkanes) is 2. The number of guanidine groups is 1. The number of carbonyl (C=O) groups is 2. The van der Waals surface area contributed by atoms with Gasteiger partial charge in [0, 0.05) is 67.1 Å². The molecule has 0 saturated carbocycles. The number of Topliss-reactive ketones (excluding diaryl/α,β-unsaturated/α-hetero) is 1. The number of H-pyrrole nitrogens is 2. The van der Waals surface area contributed by atoms with Gasteiger partial charge < -0.3 is 38.9 Å². The second kappa shape index (κ2) is 32.2. The van der Waals surface area contributed by atoms with Crippen LogP contribution in [0.4, 0.5) is 4.79 Å². The fourth-order valence-electron chi connectivity index (χ4n) is 12.7. The van der Waals surface area contributed by atoms with Gasteiger partial charge in [0.05, 0.1) is 23.6 Å². The lowest BCUT2D eigenvalue weighted by Gasteiger charge is -2.45. The monoisotopic (exact) mass is 1490 g/mol. The van der Waals surface area contributed by atoms with Crippen molar-refractivity contribution in [1.29, 1.82) is 0 Å². The number of alkyl carbamates (subject to hydrolysis) is 1. The number of aromatic amines is 2. The molecule has 6 N–H and O–H groups in total. The van der Waals surface area contributed by atoms with Crippen LogP contribution in [0, 0.1) is 34.6 Å². The van der Waals surface area contributed by atoms with Crippen LogP contribution in [-0.4, -0.2) is 123 Å². The minimum Gasteiger partial charge on any atom is -0.487 e. The molecule has 3 aliphatic rings. The summed E-state index contributed by atoms with van der Waals surface area (Å²) in [6, 6.07) is 18.9. The zero-order chi connectivity index (χ0) is 75.3. The van der Waals surface area contributed by atoms with E-state index in [1.165, 1.54) is 27.3 Å². The Kier molecular flexibility index (Phi) is 25.5. The van der Waals surface area contributed by atoms with E-state index in [9.17, 15) is 37.2 Å². The van der Waals surface area contributed by atoms with Crippen molar-refractivity contribution in [1.82, 2.24) is 29.1 Å². The van der Waals surface area contributed by atoms with Crippen LogP contribution < -0.4 is 53.4 Å². The lowest BCUT2D eigenvalue weighted by atomic mass is 9.94. The molecule has 30 heteroatoms. The third-order valence-electron chi connectivity index (χ3n) is 19.1. The van der Waals surface area contributed by atoms with Crippen molar-refractivity contribution in [3.63, 3.8) is 0 Å².